The fourth-order valence-corrected chi connectivity index (χ4v) is 6.20. The molecule has 7 nitrogen and oxygen atoms in total. The van der Waals surface area contributed by atoms with Crippen LogP contribution in [0.15, 0.2) is 97.5 Å². The van der Waals surface area contributed by atoms with Gasteiger partial charge in [-0.05, 0) is 64.2 Å². The molecule has 8 heteroatoms. The number of fused-ring (bicyclic) bond motifs is 3. The molecule has 0 amide bonds. The Kier molecular flexibility index (Phi) is 9.00. The van der Waals surface area contributed by atoms with Gasteiger partial charge in [0.25, 0.3) is 0 Å². The van der Waals surface area contributed by atoms with Crippen LogP contribution in [0.3, 0.4) is 0 Å². The van der Waals surface area contributed by atoms with Gasteiger partial charge in [-0.25, -0.2) is 4.98 Å². The number of nitrogens with zero attached hydrogens (tertiary/aromatic N) is 6. The zero-order valence-electron chi connectivity index (χ0n) is 26.8. The molecule has 7 rings (SSSR count). The molecule has 3 heterocycles. The van der Waals surface area contributed by atoms with Crippen molar-refractivity contribution in [2.24, 2.45) is 0 Å². The number of para-hydroxylation sites is 1. The third-order valence-electron chi connectivity index (χ3n) is 8.33. The maximum Gasteiger partial charge on any atom is 2.00 e. The minimum Gasteiger partial charge on any atom is -0.503 e. The number of pyridine rings is 1. The van der Waals surface area contributed by atoms with Gasteiger partial charge < -0.3 is 13.9 Å². The van der Waals surface area contributed by atoms with E-state index in [4.69, 9.17) is 9.72 Å². The van der Waals surface area contributed by atoms with Crippen LogP contribution < -0.4 is 4.74 Å². The molecule has 0 fully saturated rings. The molecule has 0 bridgehead atoms. The first-order valence-corrected chi connectivity index (χ1v) is 15.5. The first-order chi connectivity index (χ1) is 22.9. The summed E-state index contributed by atoms with van der Waals surface area (Å²) in [6.45, 7) is 8.83. The summed E-state index contributed by atoms with van der Waals surface area (Å²) in [5.41, 5.74) is 6.76. The Morgan fingerprint density at radius 1 is 0.771 bits per heavy atom. The van der Waals surface area contributed by atoms with Crippen molar-refractivity contribution in [1.82, 2.24) is 19.1 Å². The minimum atomic E-state index is 0. The van der Waals surface area contributed by atoms with Gasteiger partial charge in [0.1, 0.15) is 5.82 Å². The first kappa shape index (κ1) is 32.4. The second-order valence-corrected chi connectivity index (χ2v) is 12.0. The maximum atomic E-state index is 10.3. The number of imidazole rings is 1. The SMILES string of the molecule is CC(C)c1cccc(C(C)C)c1-n1ccnc1-c1[c-]c(Oc2[c-]c3c(c(C#N)c2)c2cc(C#N)ccc2n3-c2ccccn2)ccc1.[Pt+2]. The van der Waals surface area contributed by atoms with Crippen LogP contribution in [-0.2, 0) is 21.1 Å². The molecule has 4 aromatic carbocycles. The number of aromatic nitrogens is 4. The summed E-state index contributed by atoms with van der Waals surface area (Å²) in [6, 6.07) is 36.3. The molecule has 0 N–H and O–H groups in total. The molecule has 236 valence electrons. The zero-order chi connectivity index (χ0) is 32.7. The van der Waals surface area contributed by atoms with Crippen LogP contribution in [0.1, 0.15) is 61.8 Å². The van der Waals surface area contributed by atoms with Crippen LogP contribution in [-0.4, -0.2) is 19.1 Å². The van der Waals surface area contributed by atoms with Crippen molar-refractivity contribution in [3.8, 4) is 46.5 Å². The Morgan fingerprint density at radius 3 is 2.23 bits per heavy atom. The Labute approximate surface area is 294 Å². The first-order valence-electron chi connectivity index (χ1n) is 15.5. The smallest absolute Gasteiger partial charge is 0.503 e. The van der Waals surface area contributed by atoms with Gasteiger partial charge in [-0.15, -0.1) is 35.9 Å². The predicted molar refractivity (Wildman–Crippen MR) is 183 cm³/mol. The molecule has 0 spiro atoms. The molecular formula is C40H30N6OPt. The van der Waals surface area contributed by atoms with E-state index in [0.29, 0.717) is 51.2 Å². The van der Waals surface area contributed by atoms with Crippen LogP contribution in [0, 0.1) is 34.8 Å². The van der Waals surface area contributed by atoms with Gasteiger partial charge in [0.2, 0.25) is 0 Å². The number of hydrogen-bond donors (Lipinski definition) is 0. The zero-order valence-corrected chi connectivity index (χ0v) is 29.1. The molecular weight excluding hydrogens is 776 g/mol. The van der Waals surface area contributed by atoms with Crippen LogP contribution in [0.5, 0.6) is 11.5 Å². The van der Waals surface area contributed by atoms with Gasteiger partial charge in [0.05, 0.1) is 23.5 Å². The van der Waals surface area contributed by atoms with Gasteiger partial charge in [0, 0.05) is 41.3 Å². The van der Waals surface area contributed by atoms with Gasteiger partial charge in [-0.1, -0.05) is 68.9 Å². The van der Waals surface area contributed by atoms with Crippen molar-refractivity contribution in [3.05, 3.63) is 132 Å². The number of benzene rings is 4. The molecule has 0 unspecified atom stereocenters. The monoisotopic (exact) mass is 805 g/mol. The number of rotatable bonds is 7. The van der Waals surface area contributed by atoms with Crippen LogP contribution in [0.2, 0.25) is 0 Å². The molecule has 7 aromatic rings. The van der Waals surface area contributed by atoms with Gasteiger partial charge >= 0.3 is 21.1 Å². The van der Waals surface area contributed by atoms with E-state index in [2.05, 4.69) is 79.7 Å². The molecule has 0 aliphatic rings. The summed E-state index contributed by atoms with van der Waals surface area (Å²) in [5, 5.41) is 21.4. The van der Waals surface area contributed by atoms with E-state index in [9.17, 15) is 10.5 Å². The van der Waals surface area contributed by atoms with Crippen LogP contribution >= 0.6 is 0 Å². The van der Waals surface area contributed by atoms with Gasteiger partial charge in [0.15, 0.2) is 0 Å². The summed E-state index contributed by atoms with van der Waals surface area (Å²) < 4.78 is 10.5. The standard InChI is InChI=1S/C40H30N6O.Pt/c1-25(2)32-11-8-12-33(26(3)4)39(32)45-18-17-44-40(45)28-9-7-10-30(20-28)47-31-21-29(24-42)38-34-19-27(23-41)14-15-35(34)46(36(38)22-31)37-13-5-6-16-43-37;/h5-19,21,25-26H,1-4H3;/q-2;+2. The average molecular weight is 806 g/mol. The fourth-order valence-electron chi connectivity index (χ4n) is 6.20. The third kappa shape index (κ3) is 5.68. The topological polar surface area (TPSA) is 92.5 Å². The Hall–Kier alpha value is -5.49. The Bertz CT molecular complexity index is 2350. The Balaban J connectivity index is 0.00000401. The predicted octanol–water partition coefficient (Wildman–Crippen LogP) is 9.41. The molecule has 48 heavy (non-hydrogen) atoms. The second kappa shape index (κ2) is 13.3. The van der Waals surface area contributed by atoms with Crippen molar-refractivity contribution in [2.45, 2.75) is 39.5 Å². The fraction of sp³-hybridized carbons (Fsp3) is 0.150. The normalized spacial score (nSPS) is 11.1. The van der Waals surface area contributed by atoms with Crippen LogP contribution in [0.25, 0.3) is 44.7 Å². The van der Waals surface area contributed by atoms with E-state index in [1.807, 2.05) is 59.4 Å². The van der Waals surface area contributed by atoms with Gasteiger partial charge in [-0.3, -0.25) is 4.98 Å². The van der Waals surface area contributed by atoms with E-state index in [0.717, 1.165) is 28.0 Å². The quantitative estimate of drug-likeness (QED) is 0.150. The molecule has 0 aliphatic carbocycles. The Morgan fingerprint density at radius 2 is 1.54 bits per heavy atom. The number of hydrogen-bond acceptors (Lipinski definition) is 5. The molecule has 0 atom stereocenters. The van der Waals surface area contributed by atoms with E-state index in [1.54, 1.807) is 24.4 Å². The van der Waals surface area contributed by atoms with E-state index in [1.165, 1.54) is 11.1 Å². The summed E-state index contributed by atoms with van der Waals surface area (Å²) in [5.74, 6) is 2.89. The van der Waals surface area contributed by atoms with E-state index >= 15 is 0 Å². The van der Waals surface area contributed by atoms with E-state index in [-0.39, 0.29) is 21.1 Å². The van der Waals surface area contributed by atoms with Crippen molar-refractivity contribution in [1.29, 1.82) is 10.5 Å². The summed E-state index contributed by atoms with van der Waals surface area (Å²) >= 11 is 0. The summed E-state index contributed by atoms with van der Waals surface area (Å²) in [6.07, 6.45) is 5.53. The van der Waals surface area contributed by atoms with Crippen molar-refractivity contribution in [2.75, 3.05) is 0 Å². The number of nitriles is 2. The molecule has 0 saturated carbocycles. The molecule has 3 aromatic heterocycles. The van der Waals surface area contributed by atoms with Crippen molar-refractivity contribution in [3.63, 3.8) is 0 Å². The molecule has 0 aliphatic heterocycles. The summed E-state index contributed by atoms with van der Waals surface area (Å²) in [4.78, 5) is 9.33. The third-order valence-corrected chi connectivity index (χ3v) is 8.33. The maximum absolute atomic E-state index is 10.3. The average Bonchev–Trinajstić information content (AvgIpc) is 3.71. The van der Waals surface area contributed by atoms with Crippen molar-refractivity contribution < 1.29 is 25.8 Å². The van der Waals surface area contributed by atoms with Gasteiger partial charge in [-0.2, -0.15) is 10.5 Å². The molecule has 0 saturated heterocycles. The largest absolute Gasteiger partial charge is 2.00 e. The van der Waals surface area contributed by atoms with E-state index < -0.39 is 0 Å². The minimum absolute atomic E-state index is 0. The van der Waals surface area contributed by atoms with Crippen LogP contribution in [0.4, 0.5) is 0 Å². The number of ether oxygens (including phenoxy) is 1. The summed E-state index contributed by atoms with van der Waals surface area (Å²) in [7, 11) is 0. The molecule has 0 radical (unpaired) electrons. The second-order valence-electron chi connectivity index (χ2n) is 12.0. The van der Waals surface area contributed by atoms with Crippen molar-refractivity contribution >= 4 is 21.8 Å².